The van der Waals surface area contributed by atoms with Crippen LogP contribution in [0.15, 0.2) is 28.7 Å². The van der Waals surface area contributed by atoms with E-state index >= 15 is 0 Å². The van der Waals surface area contributed by atoms with Gasteiger partial charge in [-0.2, -0.15) is 0 Å². The number of aromatic nitrogens is 2. The van der Waals surface area contributed by atoms with Gasteiger partial charge >= 0.3 is 0 Å². The third-order valence-electron chi connectivity index (χ3n) is 5.37. The first kappa shape index (κ1) is 18.8. The van der Waals surface area contributed by atoms with Gasteiger partial charge in [0.2, 0.25) is 5.89 Å². The molecule has 146 valence electrons. The van der Waals surface area contributed by atoms with E-state index in [0.29, 0.717) is 28.9 Å². The monoisotopic (exact) mass is 408 g/mol. The highest BCUT2D eigenvalue weighted by Gasteiger charge is 2.33. The summed E-state index contributed by atoms with van der Waals surface area (Å²) in [6.07, 6.45) is 0.761. The highest BCUT2D eigenvalue weighted by Crippen LogP contribution is 2.21. The van der Waals surface area contributed by atoms with Crippen molar-refractivity contribution in [3.8, 4) is 11.5 Å². The topological polar surface area (TPSA) is 71.6 Å². The number of rotatable bonds is 4. The Kier molecular flexibility index (Phi) is 5.19. The van der Waals surface area contributed by atoms with Crippen LogP contribution in [-0.2, 0) is 16.5 Å². The van der Waals surface area contributed by atoms with E-state index in [-0.39, 0.29) is 6.04 Å². The van der Waals surface area contributed by atoms with E-state index < -0.39 is 9.84 Å². The summed E-state index contributed by atoms with van der Waals surface area (Å²) < 4.78 is 30.8. The van der Waals surface area contributed by atoms with Crippen molar-refractivity contribution in [1.29, 1.82) is 0 Å². The van der Waals surface area contributed by atoms with E-state index in [9.17, 15) is 8.42 Å². The van der Waals surface area contributed by atoms with Crippen molar-refractivity contribution in [3.63, 3.8) is 0 Å². The number of aryl methyl sites for hydroxylation is 1. The first-order valence-electron chi connectivity index (χ1n) is 9.21. The van der Waals surface area contributed by atoms with E-state index in [4.69, 9.17) is 16.6 Å². The largest absolute Gasteiger partial charge is 0.409 e. The van der Waals surface area contributed by atoms with Gasteiger partial charge < -0.3 is 4.42 Å². The lowest BCUT2D eigenvalue weighted by Crippen LogP contribution is -2.50. The zero-order valence-electron chi connectivity index (χ0n) is 15.4. The number of piperazine rings is 1. The molecule has 0 aliphatic carbocycles. The van der Waals surface area contributed by atoms with Gasteiger partial charge in [0.15, 0.2) is 9.84 Å². The Hall–Kier alpha value is -1.55. The van der Waals surface area contributed by atoms with Crippen LogP contribution in [0.1, 0.15) is 12.0 Å². The summed E-state index contributed by atoms with van der Waals surface area (Å²) in [5.41, 5.74) is 2.10. The van der Waals surface area contributed by atoms with Crippen LogP contribution < -0.4 is 0 Å². The fraction of sp³-hybridized carbons (Fsp3) is 0.556. The van der Waals surface area contributed by atoms with E-state index in [1.807, 2.05) is 31.2 Å². The highest BCUT2D eigenvalue weighted by atomic mass is 32.2. The molecule has 9 heteroatoms. The summed E-state index contributed by atoms with van der Waals surface area (Å²) in [6.45, 7) is 6.10. The SMILES string of the molecule is Cc1ccc(-c2nn(CN3CCN(C4CCS(=O)(=O)C4)CC3)c(=S)o2)cc1. The molecule has 1 aromatic heterocycles. The van der Waals surface area contributed by atoms with E-state index in [1.165, 1.54) is 5.56 Å². The summed E-state index contributed by atoms with van der Waals surface area (Å²) in [4.78, 5) is 4.95. The third kappa shape index (κ3) is 4.31. The predicted molar refractivity (Wildman–Crippen MR) is 106 cm³/mol. The Morgan fingerprint density at radius 1 is 1.19 bits per heavy atom. The summed E-state index contributed by atoms with van der Waals surface area (Å²) in [5, 5.41) is 4.53. The molecule has 0 bridgehead atoms. The molecule has 3 heterocycles. The number of sulfone groups is 1. The van der Waals surface area contributed by atoms with Crippen LogP contribution in [0.4, 0.5) is 0 Å². The van der Waals surface area contributed by atoms with Gasteiger partial charge in [0, 0.05) is 37.8 Å². The Bertz CT molecular complexity index is 957. The number of benzene rings is 1. The molecule has 4 rings (SSSR count). The molecule has 1 atom stereocenters. The van der Waals surface area contributed by atoms with Crippen LogP contribution in [-0.4, -0.2) is 71.7 Å². The quantitative estimate of drug-likeness (QED) is 0.716. The maximum Gasteiger partial charge on any atom is 0.288 e. The van der Waals surface area contributed by atoms with Gasteiger partial charge in [0.25, 0.3) is 4.84 Å². The fourth-order valence-electron chi connectivity index (χ4n) is 3.73. The minimum absolute atomic E-state index is 0.180. The van der Waals surface area contributed by atoms with Crippen molar-refractivity contribution in [2.45, 2.75) is 26.1 Å². The molecule has 2 aliphatic heterocycles. The average molecular weight is 409 g/mol. The van der Waals surface area contributed by atoms with E-state index in [2.05, 4.69) is 14.9 Å². The standard InChI is InChI=1S/C18H24N4O3S2/c1-14-2-4-15(5-3-14)17-19-22(18(26)25-17)13-20-7-9-21(10-8-20)16-6-11-27(23,24)12-16/h2-5,16H,6-13H2,1H3. The number of nitrogens with zero attached hydrogens (tertiary/aromatic N) is 4. The molecule has 2 fully saturated rings. The lowest BCUT2D eigenvalue weighted by molar-refractivity contribution is 0.0803. The van der Waals surface area contributed by atoms with Crippen molar-refractivity contribution in [2.24, 2.45) is 0 Å². The van der Waals surface area contributed by atoms with Crippen LogP contribution in [0.2, 0.25) is 0 Å². The molecular weight excluding hydrogens is 384 g/mol. The molecule has 2 aromatic rings. The molecule has 27 heavy (non-hydrogen) atoms. The van der Waals surface area contributed by atoms with Gasteiger partial charge in [-0.25, -0.2) is 13.1 Å². The van der Waals surface area contributed by atoms with Crippen LogP contribution in [0, 0.1) is 11.8 Å². The molecule has 0 spiro atoms. The molecule has 0 N–H and O–H groups in total. The van der Waals surface area contributed by atoms with Gasteiger partial charge in [-0.15, -0.1) is 5.10 Å². The van der Waals surface area contributed by atoms with Gasteiger partial charge in [-0.05, 0) is 37.7 Å². The molecule has 2 aliphatic rings. The molecule has 7 nitrogen and oxygen atoms in total. The second-order valence-corrected chi connectivity index (χ2v) is 9.97. The summed E-state index contributed by atoms with van der Waals surface area (Å²) >= 11 is 5.33. The highest BCUT2D eigenvalue weighted by molar-refractivity contribution is 7.91. The summed E-state index contributed by atoms with van der Waals surface area (Å²) in [7, 11) is -2.83. The van der Waals surface area contributed by atoms with E-state index in [0.717, 1.165) is 38.2 Å². The molecule has 1 unspecified atom stereocenters. The van der Waals surface area contributed by atoms with Crippen molar-refractivity contribution >= 4 is 22.1 Å². The molecule has 2 saturated heterocycles. The first-order chi connectivity index (χ1) is 12.9. The molecule has 0 radical (unpaired) electrons. The minimum Gasteiger partial charge on any atom is -0.409 e. The molecule has 0 saturated carbocycles. The van der Waals surface area contributed by atoms with Gasteiger partial charge in [-0.3, -0.25) is 9.80 Å². The Morgan fingerprint density at radius 2 is 1.89 bits per heavy atom. The summed E-state index contributed by atoms with van der Waals surface area (Å²) in [5.74, 6) is 1.17. The zero-order valence-corrected chi connectivity index (χ0v) is 17.0. The average Bonchev–Trinajstić information content (AvgIpc) is 3.19. The fourth-order valence-corrected chi connectivity index (χ4v) is 5.67. The molecule has 0 amide bonds. The number of hydrogen-bond acceptors (Lipinski definition) is 7. The van der Waals surface area contributed by atoms with Gasteiger partial charge in [0.1, 0.15) is 0 Å². The zero-order chi connectivity index (χ0) is 19.0. The van der Waals surface area contributed by atoms with E-state index in [1.54, 1.807) is 4.68 Å². The normalized spacial score (nSPS) is 23.7. The van der Waals surface area contributed by atoms with Gasteiger partial charge in [0.05, 0.1) is 18.2 Å². The van der Waals surface area contributed by atoms with Crippen molar-refractivity contribution in [2.75, 3.05) is 37.7 Å². The molecular formula is C18H24N4O3S2. The molecule has 1 aromatic carbocycles. The minimum atomic E-state index is -2.83. The second-order valence-electron chi connectivity index (χ2n) is 7.39. The summed E-state index contributed by atoms with van der Waals surface area (Å²) in [6, 6.07) is 8.19. The van der Waals surface area contributed by atoms with Crippen LogP contribution in [0.5, 0.6) is 0 Å². The van der Waals surface area contributed by atoms with Crippen molar-refractivity contribution < 1.29 is 12.8 Å². The third-order valence-corrected chi connectivity index (χ3v) is 7.41. The van der Waals surface area contributed by atoms with Crippen LogP contribution >= 0.6 is 12.2 Å². The first-order valence-corrected chi connectivity index (χ1v) is 11.4. The number of hydrogen-bond donors (Lipinski definition) is 0. The van der Waals surface area contributed by atoms with Gasteiger partial charge in [-0.1, -0.05) is 17.7 Å². The lowest BCUT2D eigenvalue weighted by atomic mass is 10.1. The van der Waals surface area contributed by atoms with Crippen molar-refractivity contribution in [3.05, 3.63) is 34.7 Å². The van der Waals surface area contributed by atoms with Crippen LogP contribution in [0.25, 0.3) is 11.5 Å². The predicted octanol–water partition coefficient (Wildman–Crippen LogP) is 1.94. The Balaban J connectivity index is 1.37. The Labute approximate surface area is 164 Å². The second kappa shape index (κ2) is 7.46. The maximum atomic E-state index is 11.7. The Morgan fingerprint density at radius 3 is 2.52 bits per heavy atom. The van der Waals surface area contributed by atoms with Crippen molar-refractivity contribution in [1.82, 2.24) is 19.6 Å². The lowest BCUT2D eigenvalue weighted by Gasteiger charge is -2.37. The maximum absolute atomic E-state index is 11.7. The van der Waals surface area contributed by atoms with Crippen LogP contribution in [0.3, 0.4) is 0 Å². The smallest absolute Gasteiger partial charge is 0.288 e.